The first-order valence-corrected chi connectivity index (χ1v) is 12.2. The van der Waals surface area contributed by atoms with Crippen LogP contribution in [0.3, 0.4) is 0 Å². The number of hydrogen-bond donors (Lipinski definition) is 2. The third kappa shape index (κ3) is 6.56. The third-order valence-electron chi connectivity index (χ3n) is 5.40. The van der Waals surface area contributed by atoms with Gasteiger partial charge in [0.1, 0.15) is 10.1 Å². The summed E-state index contributed by atoms with van der Waals surface area (Å²) in [5.74, 6) is -2.99. The summed E-state index contributed by atoms with van der Waals surface area (Å²) in [4.78, 5) is 25.7. The van der Waals surface area contributed by atoms with Gasteiger partial charge in [0.05, 0.1) is 16.5 Å². The molecule has 1 fully saturated rings. The van der Waals surface area contributed by atoms with Gasteiger partial charge >= 0.3 is 6.36 Å². The van der Waals surface area contributed by atoms with Crippen LogP contribution in [0.25, 0.3) is 0 Å². The van der Waals surface area contributed by atoms with Crippen LogP contribution in [0.4, 0.5) is 24.5 Å². The Kier molecular flexibility index (Phi) is 7.79. The second kappa shape index (κ2) is 10.4. The van der Waals surface area contributed by atoms with Crippen LogP contribution in [0.2, 0.25) is 15.1 Å². The van der Waals surface area contributed by atoms with Crippen molar-refractivity contribution in [1.82, 2.24) is 0 Å². The highest BCUT2D eigenvalue weighted by Crippen LogP contribution is 2.65. The molecule has 2 amide bonds. The average Bonchev–Trinajstić information content (AvgIpc) is 3.37. The third-order valence-corrected chi connectivity index (χ3v) is 7.11. The predicted molar refractivity (Wildman–Crippen MR) is 138 cm³/mol. The maximum absolute atomic E-state index is 13.0. The Hall–Kier alpha value is -2.36. The zero-order valence-corrected chi connectivity index (χ0v) is 22.0. The molecule has 5 nitrogen and oxygen atoms in total. The first-order chi connectivity index (χ1) is 17.2. The predicted octanol–water partition coefficient (Wildman–Crippen LogP) is 8.32. The number of halogens is 8. The van der Waals surface area contributed by atoms with Crippen LogP contribution in [0, 0.1) is 5.92 Å². The van der Waals surface area contributed by atoms with E-state index >= 15 is 0 Å². The molecule has 1 aliphatic carbocycles. The van der Waals surface area contributed by atoms with E-state index in [2.05, 4.69) is 15.4 Å². The number of rotatable bonds is 6. The van der Waals surface area contributed by atoms with E-state index in [-0.39, 0.29) is 22.0 Å². The van der Waals surface area contributed by atoms with E-state index in [1.165, 1.54) is 30.3 Å². The largest absolute Gasteiger partial charge is 0.573 e. The highest BCUT2D eigenvalue weighted by molar-refractivity contribution is 6.53. The molecule has 0 heterocycles. The highest BCUT2D eigenvalue weighted by atomic mass is 35.5. The molecule has 0 bridgehead atoms. The molecular weight excluding hydrogens is 599 g/mol. The second-order valence-electron chi connectivity index (χ2n) is 8.04. The van der Waals surface area contributed by atoms with Gasteiger partial charge in [-0.25, -0.2) is 0 Å². The Balaban J connectivity index is 1.46. The second-order valence-corrected chi connectivity index (χ2v) is 10.8. The molecule has 3 aromatic rings. The quantitative estimate of drug-likeness (QED) is 0.275. The zero-order chi connectivity index (χ0) is 27.1. The molecule has 0 saturated heterocycles. The minimum atomic E-state index is -4.84. The van der Waals surface area contributed by atoms with E-state index in [4.69, 9.17) is 58.0 Å². The molecule has 1 saturated carbocycles. The van der Waals surface area contributed by atoms with Crippen LogP contribution < -0.4 is 15.4 Å². The molecule has 1 aliphatic rings. The summed E-state index contributed by atoms with van der Waals surface area (Å²) in [5, 5.41) is 6.00. The molecule has 4 rings (SSSR count). The van der Waals surface area contributed by atoms with E-state index in [0.29, 0.717) is 15.6 Å². The van der Waals surface area contributed by atoms with Crippen molar-refractivity contribution in [3.8, 4) is 5.75 Å². The number of ether oxygens (including phenoxy) is 1. The van der Waals surface area contributed by atoms with E-state index in [1.807, 2.05) is 0 Å². The topological polar surface area (TPSA) is 67.4 Å². The van der Waals surface area contributed by atoms with Gasteiger partial charge in [-0.05, 0) is 66.2 Å². The van der Waals surface area contributed by atoms with Gasteiger partial charge in [-0.3, -0.25) is 9.59 Å². The van der Waals surface area contributed by atoms with Gasteiger partial charge in [0.15, 0.2) is 0 Å². The number of alkyl halides is 5. The van der Waals surface area contributed by atoms with E-state index < -0.39 is 40.1 Å². The van der Waals surface area contributed by atoms with Crippen LogP contribution in [0.5, 0.6) is 5.75 Å². The smallest absolute Gasteiger partial charge is 0.406 e. The van der Waals surface area contributed by atoms with Gasteiger partial charge in [0.25, 0.3) is 5.91 Å². The lowest BCUT2D eigenvalue weighted by Gasteiger charge is -2.12. The number of amides is 2. The van der Waals surface area contributed by atoms with Gasteiger partial charge in [0.2, 0.25) is 5.91 Å². The highest BCUT2D eigenvalue weighted by Gasteiger charge is 2.67. The maximum Gasteiger partial charge on any atom is 0.573 e. The van der Waals surface area contributed by atoms with Crippen molar-refractivity contribution in [2.45, 2.75) is 16.6 Å². The monoisotopic (exact) mass is 610 g/mol. The molecule has 0 radical (unpaired) electrons. The Morgan fingerprint density at radius 1 is 0.838 bits per heavy atom. The molecule has 0 aliphatic heterocycles. The molecule has 37 heavy (non-hydrogen) atoms. The Bertz CT molecular complexity index is 1350. The van der Waals surface area contributed by atoms with Crippen LogP contribution >= 0.6 is 58.0 Å². The van der Waals surface area contributed by atoms with Gasteiger partial charge in [-0.2, -0.15) is 0 Å². The number of benzene rings is 3. The fourth-order valence-corrected chi connectivity index (χ4v) is 5.33. The van der Waals surface area contributed by atoms with Crippen LogP contribution in [-0.2, 0) is 4.79 Å². The number of carbonyl (C=O) groups excluding carboxylic acids is 2. The first kappa shape index (κ1) is 27.7. The molecule has 2 unspecified atom stereocenters. The number of anilines is 2. The van der Waals surface area contributed by atoms with Crippen molar-refractivity contribution in [3.63, 3.8) is 0 Å². The van der Waals surface area contributed by atoms with E-state index in [9.17, 15) is 22.8 Å². The summed E-state index contributed by atoms with van der Waals surface area (Å²) in [7, 11) is 0. The molecule has 194 valence electrons. The molecule has 13 heteroatoms. The Labute approximate surface area is 233 Å². The first-order valence-electron chi connectivity index (χ1n) is 10.4. The van der Waals surface area contributed by atoms with Crippen molar-refractivity contribution >= 4 is 81.2 Å². The van der Waals surface area contributed by atoms with Crippen molar-refractivity contribution < 1.29 is 27.5 Å². The fourth-order valence-electron chi connectivity index (χ4n) is 3.76. The standard InChI is InChI=1S/C24H14Cl5F3N2O3/c25-12-7-11(8-13(26)9-12)19-20(23(19,28)29)22(36)34-15-3-6-18(27)17(10-15)21(35)33-14-1-4-16(5-2-14)37-24(30,31)32/h1-10,19-20H,(H,33,35)(H,34,36). The summed E-state index contributed by atoms with van der Waals surface area (Å²) >= 11 is 31.0. The van der Waals surface area contributed by atoms with Gasteiger partial charge in [-0.15, -0.1) is 36.4 Å². The lowest BCUT2D eigenvalue weighted by atomic mass is 10.1. The molecule has 2 atom stereocenters. The average molecular weight is 613 g/mol. The fraction of sp³-hybridized carbons (Fsp3) is 0.167. The number of carbonyl (C=O) groups is 2. The summed E-state index contributed by atoms with van der Waals surface area (Å²) < 4.78 is 39.4. The molecular formula is C24H14Cl5F3N2O3. The molecule has 2 N–H and O–H groups in total. The number of hydrogen-bond acceptors (Lipinski definition) is 3. The SMILES string of the molecule is O=C(Nc1ccc(OC(F)(F)F)cc1)c1cc(NC(=O)C2C(c3cc(Cl)cc(Cl)c3)C2(Cl)Cl)ccc1Cl. The minimum Gasteiger partial charge on any atom is -0.406 e. The normalized spacial score (nSPS) is 18.2. The summed E-state index contributed by atoms with van der Waals surface area (Å²) in [6, 6.07) is 13.6. The Morgan fingerprint density at radius 2 is 1.43 bits per heavy atom. The van der Waals surface area contributed by atoms with Gasteiger partial charge < -0.3 is 15.4 Å². The minimum absolute atomic E-state index is 0.00654. The van der Waals surface area contributed by atoms with Crippen molar-refractivity contribution in [3.05, 3.63) is 86.9 Å². The van der Waals surface area contributed by atoms with Crippen molar-refractivity contribution in [2.24, 2.45) is 5.92 Å². The lowest BCUT2D eigenvalue weighted by Crippen LogP contribution is -2.18. The zero-order valence-electron chi connectivity index (χ0n) is 18.2. The molecule has 0 spiro atoms. The van der Waals surface area contributed by atoms with Crippen LogP contribution in [0.15, 0.2) is 60.7 Å². The lowest BCUT2D eigenvalue weighted by molar-refractivity contribution is -0.274. The van der Waals surface area contributed by atoms with Crippen molar-refractivity contribution in [1.29, 1.82) is 0 Å². The van der Waals surface area contributed by atoms with Crippen LogP contribution in [0.1, 0.15) is 21.8 Å². The van der Waals surface area contributed by atoms with E-state index in [0.717, 1.165) is 12.1 Å². The van der Waals surface area contributed by atoms with Crippen LogP contribution in [-0.4, -0.2) is 22.5 Å². The summed E-state index contributed by atoms with van der Waals surface area (Å²) in [6.07, 6.45) is -4.84. The summed E-state index contributed by atoms with van der Waals surface area (Å²) in [5.41, 5.74) is 1.05. The van der Waals surface area contributed by atoms with Crippen molar-refractivity contribution in [2.75, 3.05) is 10.6 Å². The van der Waals surface area contributed by atoms with E-state index in [1.54, 1.807) is 18.2 Å². The van der Waals surface area contributed by atoms with Gasteiger partial charge in [0, 0.05) is 27.3 Å². The number of nitrogens with one attached hydrogen (secondary N) is 2. The van der Waals surface area contributed by atoms with Gasteiger partial charge in [-0.1, -0.05) is 34.8 Å². The molecule has 3 aromatic carbocycles. The molecule has 0 aromatic heterocycles. The Morgan fingerprint density at radius 3 is 2.03 bits per heavy atom. The summed E-state index contributed by atoms with van der Waals surface area (Å²) in [6.45, 7) is 0. The maximum atomic E-state index is 13.0.